The zero-order chi connectivity index (χ0) is 15.7. The molecule has 0 N–H and O–H groups in total. The Balaban J connectivity index is 1.80. The number of nitrogens with zero attached hydrogens (tertiary/aromatic N) is 3. The molecule has 1 atom stereocenters. The molecule has 0 unspecified atom stereocenters. The Kier molecular flexibility index (Phi) is 4.11. The standard InChI is InChI=1S/C16H20FN3O2/c1-11-6-7-20-13(9-11)18-14(15(20)17)16(21)19(2)10-12-5-3-4-8-22-12/h6-7,9,12H,3-5,8,10H2,1-2H3/t12-/m1/s1. The molecular weight excluding hydrogens is 285 g/mol. The molecule has 0 radical (unpaired) electrons. The Morgan fingerprint density at radius 3 is 3.09 bits per heavy atom. The van der Waals surface area contributed by atoms with Crippen LogP contribution in [-0.2, 0) is 4.74 Å². The first-order valence-corrected chi connectivity index (χ1v) is 7.57. The number of rotatable bonds is 3. The summed E-state index contributed by atoms with van der Waals surface area (Å²) in [7, 11) is 1.66. The van der Waals surface area contributed by atoms with Gasteiger partial charge in [-0.1, -0.05) is 0 Å². The van der Waals surface area contributed by atoms with Crippen molar-refractivity contribution in [3.8, 4) is 0 Å². The summed E-state index contributed by atoms with van der Waals surface area (Å²) in [6, 6.07) is 3.54. The minimum atomic E-state index is -0.614. The van der Waals surface area contributed by atoms with E-state index in [1.54, 1.807) is 25.4 Å². The monoisotopic (exact) mass is 305 g/mol. The van der Waals surface area contributed by atoms with E-state index in [0.29, 0.717) is 12.2 Å². The van der Waals surface area contributed by atoms with Gasteiger partial charge in [0.05, 0.1) is 6.10 Å². The molecule has 2 aromatic heterocycles. The Labute approximate surface area is 128 Å². The maximum Gasteiger partial charge on any atom is 0.277 e. The highest BCUT2D eigenvalue weighted by atomic mass is 19.1. The molecule has 1 aliphatic rings. The molecular formula is C16H20FN3O2. The molecule has 0 aromatic carbocycles. The molecule has 5 nitrogen and oxygen atoms in total. The number of aromatic nitrogens is 2. The van der Waals surface area contributed by atoms with Crippen LogP contribution in [0.5, 0.6) is 0 Å². The fourth-order valence-electron chi connectivity index (χ4n) is 2.77. The number of amides is 1. The first-order valence-electron chi connectivity index (χ1n) is 7.57. The smallest absolute Gasteiger partial charge is 0.277 e. The third-order valence-corrected chi connectivity index (χ3v) is 4.02. The fourth-order valence-corrected chi connectivity index (χ4v) is 2.77. The lowest BCUT2D eigenvalue weighted by Crippen LogP contribution is -2.37. The number of pyridine rings is 1. The lowest BCUT2D eigenvalue weighted by Gasteiger charge is -2.27. The molecule has 118 valence electrons. The molecule has 1 saturated heterocycles. The average molecular weight is 305 g/mol. The van der Waals surface area contributed by atoms with Crippen LogP contribution in [0.1, 0.15) is 35.3 Å². The van der Waals surface area contributed by atoms with Crippen molar-refractivity contribution in [1.82, 2.24) is 14.3 Å². The van der Waals surface area contributed by atoms with Gasteiger partial charge >= 0.3 is 0 Å². The number of ether oxygens (including phenoxy) is 1. The second kappa shape index (κ2) is 6.04. The summed E-state index contributed by atoms with van der Waals surface area (Å²) in [5.74, 6) is -1.02. The molecule has 0 bridgehead atoms. The van der Waals surface area contributed by atoms with E-state index in [-0.39, 0.29) is 11.8 Å². The van der Waals surface area contributed by atoms with Gasteiger partial charge in [-0.05, 0) is 43.9 Å². The van der Waals surface area contributed by atoms with Crippen LogP contribution < -0.4 is 0 Å². The number of carbonyl (C=O) groups excluding carboxylic acids is 1. The number of hydrogen-bond donors (Lipinski definition) is 0. The highest BCUT2D eigenvalue weighted by molar-refractivity contribution is 5.93. The van der Waals surface area contributed by atoms with Crippen molar-refractivity contribution in [2.45, 2.75) is 32.3 Å². The number of fused-ring (bicyclic) bond motifs is 1. The third-order valence-electron chi connectivity index (χ3n) is 4.02. The van der Waals surface area contributed by atoms with Crippen molar-refractivity contribution in [2.75, 3.05) is 20.2 Å². The molecule has 6 heteroatoms. The van der Waals surface area contributed by atoms with E-state index in [9.17, 15) is 9.18 Å². The van der Waals surface area contributed by atoms with Crippen molar-refractivity contribution in [2.24, 2.45) is 0 Å². The van der Waals surface area contributed by atoms with Gasteiger partial charge in [-0.2, -0.15) is 4.39 Å². The number of aryl methyl sites for hydroxylation is 1. The van der Waals surface area contributed by atoms with Gasteiger partial charge in [0.2, 0.25) is 5.95 Å². The van der Waals surface area contributed by atoms with Crippen LogP contribution in [0.15, 0.2) is 18.3 Å². The van der Waals surface area contributed by atoms with E-state index in [1.807, 2.05) is 6.92 Å². The van der Waals surface area contributed by atoms with E-state index in [1.165, 1.54) is 9.30 Å². The second-order valence-corrected chi connectivity index (χ2v) is 5.86. The number of imidazole rings is 1. The summed E-state index contributed by atoms with van der Waals surface area (Å²) in [6.07, 6.45) is 4.73. The molecule has 3 heterocycles. The third kappa shape index (κ3) is 2.83. The number of likely N-dealkylation sites (N-methyl/N-ethyl adjacent to an activating group) is 1. The van der Waals surface area contributed by atoms with Gasteiger partial charge in [0.1, 0.15) is 5.65 Å². The zero-order valence-electron chi connectivity index (χ0n) is 12.9. The van der Waals surface area contributed by atoms with Crippen LogP contribution in [0.2, 0.25) is 0 Å². The van der Waals surface area contributed by atoms with Gasteiger partial charge in [0.25, 0.3) is 5.91 Å². The normalized spacial score (nSPS) is 18.6. The van der Waals surface area contributed by atoms with Crippen molar-refractivity contribution < 1.29 is 13.9 Å². The zero-order valence-corrected chi connectivity index (χ0v) is 12.9. The van der Waals surface area contributed by atoms with E-state index in [2.05, 4.69) is 4.98 Å². The second-order valence-electron chi connectivity index (χ2n) is 5.86. The van der Waals surface area contributed by atoms with E-state index in [0.717, 1.165) is 31.4 Å². The lowest BCUT2D eigenvalue weighted by atomic mass is 10.1. The molecule has 1 amide bonds. The summed E-state index contributed by atoms with van der Waals surface area (Å²) < 4.78 is 21.3. The van der Waals surface area contributed by atoms with E-state index >= 15 is 0 Å². The van der Waals surface area contributed by atoms with Crippen molar-refractivity contribution >= 4 is 11.6 Å². The average Bonchev–Trinajstić information content (AvgIpc) is 2.83. The van der Waals surface area contributed by atoms with Gasteiger partial charge in [-0.25, -0.2) is 4.98 Å². The Morgan fingerprint density at radius 2 is 2.36 bits per heavy atom. The van der Waals surface area contributed by atoms with Crippen LogP contribution in [0.25, 0.3) is 5.65 Å². The van der Waals surface area contributed by atoms with Crippen molar-refractivity contribution in [3.63, 3.8) is 0 Å². The Bertz CT molecular complexity index is 692. The fraction of sp³-hybridized carbons (Fsp3) is 0.500. The minimum Gasteiger partial charge on any atom is -0.376 e. The van der Waals surface area contributed by atoms with Crippen LogP contribution >= 0.6 is 0 Å². The molecule has 1 aliphatic heterocycles. The van der Waals surface area contributed by atoms with E-state index < -0.39 is 11.9 Å². The van der Waals surface area contributed by atoms with Crippen LogP contribution in [-0.4, -0.2) is 46.5 Å². The maximum atomic E-state index is 14.4. The van der Waals surface area contributed by atoms with Gasteiger partial charge in [0.15, 0.2) is 5.69 Å². The predicted octanol–water partition coefficient (Wildman–Crippen LogP) is 2.42. The van der Waals surface area contributed by atoms with Gasteiger partial charge in [0, 0.05) is 26.4 Å². The number of hydrogen-bond acceptors (Lipinski definition) is 3. The summed E-state index contributed by atoms with van der Waals surface area (Å²) in [5, 5.41) is 0. The molecule has 1 fully saturated rings. The SMILES string of the molecule is Cc1ccn2c(F)c(C(=O)N(C)C[C@H]3CCCCO3)nc2c1. The summed E-state index contributed by atoms with van der Waals surface area (Å²) in [6.45, 7) is 3.10. The topological polar surface area (TPSA) is 46.8 Å². The van der Waals surface area contributed by atoms with E-state index in [4.69, 9.17) is 4.74 Å². The molecule has 0 spiro atoms. The van der Waals surface area contributed by atoms with Gasteiger partial charge < -0.3 is 9.64 Å². The molecule has 0 saturated carbocycles. The summed E-state index contributed by atoms with van der Waals surface area (Å²) in [4.78, 5) is 18.1. The Hall–Kier alpha value is -1.95. The molecule has 0 aliphatic carbocycles. The van der Waals surface area contributed by atoms with Crippen LogP contribution in [0, 0.1) is 12.9 Å². The van der Waals surface area contributed by atoms with Crippen LogP contribution in [0.3, 0.4) is 0 Å². The molecule has 22 heavy (non-hydrogen) atoms. The highest BCUT2D eigenvalue weighted by Gasteiger charge is 2.25. The molecule has 3 rings (SSSR count). The first-order chi connectivity index (χ1) is 10.6. The van der Waals surface area contributed by atoms with Gasteiger partial charge in [-0.15, -0.1) is 0 Å². The summed E-state index contributed by atoms with van der Waals surface area (Å²) in [5.41, 5.74) is 1.28. The number of carbonyl (C=O) groups is 1. The minimum absolute atomic E-state index is 0.0324. The predicted molar refractivity (Wildman–Crippen MR) is 80.4 cm³/mol. The largest absolute Gasteiger partial charge is 0.376 e. The maximum absolute atomic E-state index is 14.4. The number of halogens is 1. The highest BCUT2D eigenvalue weighted by Crippen LogP contribution is 2.17. The quantitative estimate of drug-likeness (QED) is 0.875. The Morgan fingerprint density at radius 1 is 1.55 bits per heavy atom. The van der Waals surface area contributed by atoms with Crippen LogP contribution in [0.4, 0.5) is 4.39 Å². The molecule has 2 aromatic rings. The summed E-state index contributed by atoms with van der Waals surface area (Å²) >= 11 is 0. The van der Waals surface area contributed by atoms with Crippen molar-refractivity contribution in [1.29, 1.82) is 0 Å². The lowest BCUT2D eigenvalue weighted by molar-refractivity contribution is -0.000372. The van der Waals surface area contributed by atoms with Gasteiger partial charge in [-0.3, -0.25) is 9.20 Å². The van der Waals surface area contributed by atoms with Crippen molar-refractivity contribution in [3.05, 3.63) is 35.5 Å². The first kappa shape index (κ1) is 15.0.